The molecule has 0 fully saturated rings. The fourth-order valence-corrected chi connectivity index (χ4v) is 4.64. The van der Waals surface area contributed by atoms with Gasteiger partial charge in [-0.05, 0) is 31.5 Å². The molecule has 2 heterocycles. The average Bonchev–Trinajstić information content (AvgIpc) is 3.09. The molecule has 0 unspecified atom stereocenters. The van der Waals surface area contributed by atoms with E-state index < -0.39 is 11.5 Å². The number of anilines is 1. The number of carbonyl (C=O) groups excluding carboxylic acids is 2. The third-order valence-electron chi connectivity index (χ3n) is 4.47. The molecule has 0 atom stereocenters. The monoisotopic (exact) mass is 475 g/mol. The van der Waals surface area contributed by atoms with Gasteiger partial charge in [-0.1, -0.05) is 35.2 Å². The van der Waals surface area contributed by atoms with E-state index in [1.165, 1.54) is 28.8 Å². The Morgan fingerprint density at radius 2 is 1.84 bits per heavy atom. The minimum atomic E-state index is -0.426. The number of hydrogen-bond acceptors (Lipinski definition) is 7. The van der Waals surface area contributed by atoms with E-state index in [0.29, 0.717) is 32.3 Å². The van der Waals surface area contributed by atoms with Crippen LogP contribution in [0.3, 0.4) is 0 Å². The number of amides is 2. The normalized spacial score (nSPS) is 10.8. The molecule has 8 nitrogen and oxygen atoms in total. The van der Waals surface area contributed by atoms with E-state index in [4.69, 9.17) is 0 Å². The van der Waals surface area contributed by atoms with Crippen LogP contribution < -0.4 is 10.9 Å². The summed E-state index contributed by atoms with van der Waals surface area (Å²) in [7, 11) is 3.28. The summed E-state index contributed by atoms with van der Waals surface area (Å²) in [5.41, 5.74) is 1.73. The molecule has 2 amide bonds. The van der Waals surface area contributed by atoms with Crippen LogP contribution in [0.15, 0.2) is 34.2 Å². The Balaban J connectivity index is 1.66. The van der Waals surface area contributed by atoms with E-state index in [1.54, 1.807) is 40.1 Å². The summed E-state index contributed by atoms with van der Waals surface area (Å²) in [6, 6.07) is 6.10. The number of nitrogens with one attached hydrogen (secondary N) is 2. The smallest absolute Gasteiger partial charge is 0.265 e. The van der Waals surface area contributed by atoms with Gasteiger partial charge in [0.25, 0.3) is 11.5 Å². The molecule has 0 spiro atoms. The lowest BCUT2D eigenvalue weighted by Crippen LogP contribution is -2.23. The van der Waals surface area contributed by atoms with Gasteiger partial charge in [-0.15, -0.1) is 0 Å². The van der Waals surface area contributed by atoms with Gasteiger partial charge in [0.2, 0.25) is 5.91 Å². The molecule has 0 radical (unpaired) electrons. The maximum absolute atomic E-state index is 13.0. The Labute approximate surface area is 192 Å². The van der Waals surface area contributed by atoms with Crippen molar-refractivity contribution in [3.05, 3.63) is 67.8 Å². The number of aryl methyl sites for hydroxylation is 2. The molecule has 168 valence electrons. The highest BCUT2D eigenvalue weighted by atomic mass is 32.2. The third-order valence-corrected chi connectivity index (χ3v) is 6.48. The lowest BCUT2D eigenvalue weighted by molar-refractivity contribution is -0.115. The standard InChI is InChI=1S/C21H22FN5O3S2/c1-11-15(9-16(28)25-21-24-12(2)17(32-21)19(30)27(3)4)18(29)26-20(23-11)31-10-13-5-7-14(22)8-6-13/h5-8H,9-10H2,1-4H3,(H,23,26,29)(H,24,25,28). The number of thioether (sulfide) groups is 1. The first kappa shape index (κ1) is 23.6. The lowest BCUT2D eigenvalue weighted by Gasteiger charge is -2.08. The highest BCUT2D eigenvalue weighted by Crippen LogP contribution is 2.24. The van der Waals surface area contributed by atoms with Crippen LogP contribution in [-0.2, 0) is 17.0 Å². The molecule has 2 N–H and O–H groups in total. The maximum atomic E-state index is 13.0. The van der Waals surface area contributed by atoms with Crippen molar-refractivity contribution in [1.29, 1.82) is 0 Å². The molecule has 32 heavy (non-hydrogen) atoms. The molecule has 0 saturated heterocycles. The molecular formula is C21H22FN5O3S2. The van der Waals surface area contributed by atoms with E-state index in [9.17, 15) is 18.8 Å². The first-order valence-corrected chi connectivity index (χ1v) is 11.4. The number of hydrogen-bond donors (Lipinski definition) is 2. The van der Waals surface area contributed by atoms with Gasteiger partial charge in [-0.25, -0.2) is 14.4 Å². The molecule has 0 aliphatic heterocycles. The van der Waals surface area contributed by atoms with E-state index >= 15 is 0 Å². The molecule has 2 aromatic heterocycles. The first-order chi connectivity index (χ1) is 15.1. The van der Waals surface area contributed by atoms with Crippen LogP contribution in [0.4, 0.5) is 9.52 Å². The Morgan fingerprint density at radius 3 is 2.47 bits per heavy atom. The number of nitrogens with zero attached hydrogens (tertiary/aromatic N) is 3. The van der Waals surface area contributed by atoms with Crippen molar-refractivity contribution in [2.75, 3.05) is 19.4 Å². The number of halogens is 1. The fourth-order valence-electron chi connectivity index (χ4n) is 2.77. The number of thiazole rings is 1. The number of benzene rings is 1. The van der Waals surface area contributed by atoms with Crippen LogP contribution in [0.2, 0.25) is 0 Å². The summed E-state index contributed by atoms with van der Waals surface area (Å²) in [5.74, 6) is -0.410. The highest BCUT2D eigenvalue weighted by Gasteiger charge is 2.19. The largest absolute Gasteiger partial charge is 0.344 e. The molecule has 3 aromatic rings. The van der Waals surface area contributed by atoms with Crippen LogP contribution in [0.25, 0.3) is 0 Å². The minimum Gasteiger partial charge on any atom is -0.344 e. The van der Waals surface area contributed by atoms with Crippen molar-refractivity contribution in [2.45, 2.75) is 31.2 Å². The van der Waals surface area contributed by atoms with Crippen molar-refractivity contribution >= 4 is 40.0 Å². The third kappa shape index (κ3) is 5.80. The molecule has 0 saturated carbocycles. The van der Waals surface area contributed by atoms with Gasteiger partial charge >= 0.3 is 0 Å². The van der Waals surface area contributed by atoms with Gasteiger partial charge < -0.3 is 15.2 Å². The Bertz CT molecular complexity index is 1210. The van der Waals surface area contributed by atoms with Crippen molar-refractivity contribution in [3.63, 3.8) is 0 Å². The van der Waals surface area contributed by atoms with Gasteiger partial charge in [0, 0.05) is 31.1 Å². The van der Waals surface area contributed by atoms with Gasteiger partial charge in [0.15, 0.2) is 10.3 Å². The predicted molar refractivity (Wildman–Crippen MR) is 123 cm³/mol. The molecular weight excluding hydrogens is 453 g/mol. The SMILES string of the molecule is Cc1nc(NC(=O)Cc2c(C)nc(SCc3ccc(F)cc3)[nH]c2=O)sc1C(=O)N(C)C. The average molecular weight is 476 g/mol. The van der Waals surface area contributed by atoms with Crippen LogP contribution in [0, 0.1) is 19.7 Å². The van der Waals surface area contributed by atoms with Crippen LogP contribution >= 0.6 is 23.1 Å². The maximum Gasteiger partial charge on any atom is 0.265 e. The summed E-state index contributed by atoms with van der Waals surface area (Å²) < 4.78 is 13.0. The van der Waals surface area contributed by atoms with Crippen molar-refractivity contribution < 1.29 is 14.0 Å². The fraction of sp³-hybridized carbons (Fsp3) is 0.286. The van der Waals surface area contributed by atoms with E-state index in [1.807, 2.05) is 0 Å². The molecule has 0 aliphatic rings. The molecule has 0 bridgehead atoms. The first-order valence-electron chi connectivity index (χ1n) is 9.60. The number of aromatic nitrogens is 3. The second-order valence-electron chi connectivity index (χ2n) is 7.21. The van der Waals surface area contributed by atoms with Crippen LogP contribution in [-0.4, -0.2) is 45.8 Å². The Kier molecular flexibility index (Phi) is 7.41. The number of carbonyl (C=O) groups is 2. The number of rotatable bonds is 7. The Hall–Kier alpha value is -3.05. The van der Waals surface area contributed by atoms with Crippen molar-refractivity contribution in [3.8, 4) is 0 Å². The minimum absolute atomic E-state index is 0.174. The zero-order valence-corrected chi connectivity index (χ0v) is 19.6. The van der Waals surface area contributed by atoms with Crippen molar-refractivity contribution in [2.24, 2.45) is 0 Å². The zero-order valence-electron chi connectivity index (χ0n) is 18.0. The summed E-state index contributed by atoms with van der Waals surface area (Å²) in [5, 5.41) is 3.36. The lowest BCUT2D eigenvalue weighted by atomic mass is 10.1. The summed E-state index contributed by atoms with van der Waals surface area (Å²) in [4.78, 5) is 50.3. The molecule has 0 aliphatic carbocycles. The molecule has 11 heteroatoms. The zero-order chi connectivity index (χ0) is 23.4. The number of H-pyrrole nitrogens is 1. The van der Waals surface area contributed by atoms with Crippen LogP contribution in [0.5, 0.6) is 0 Å². The van der Waals surface area contributed by atoms with Gasteiger partial charge in [0.05, 0.1) is 12.1 Å². The van der Waals surface area contributed by atoms with E-state index in [-0.39, 0.29) is 23.7 Å². The van der Waals surface area contributed by atoms with Gasteiger partial charge in [-0.2, -0.15) is 0 Å². The summed E-state index contributed by atoms with van der Waals surface area (Å²) >= 11 is 2.40. The second kappa shape index (κ2) is 10.0. The van der Waals surface area contributed by atoms with Gasteiger partial charge in [-0.3, -0.25) is 14.4 Å². The van der Waals surface area contributed by atoms with E-state index in [2.05, 4.69) is 20.3 Å². The second-order valence-corrected chi connectivity index (χ2v) is 9.17. The highest BCUT2D eigenvalue weighted by molar-refractivity contribution is 7.98. The quantitative estimate of drug-likeness (QED) is 0.401. The topological polar surface area (TPSA) is 108 Å². The number of aromatic amines is 1. The molecule has 3 rings (SSSR count). The van der Waals surface area contributed by atoms with Crippen molar-refractivity contribution in [1.82, 2.24) is 19.9 Å². The summed E-state index contributed by atoms with van der Waals surface area (Å²) in [6.45, 7) is 3.37. The predicted octanol–water partition coefficient (Wildman–Crippen LogP) is 3.16. The molecule has 1 aromatic carbocycles. The van der Waals surface area contributed by atoms with Crippen LogP contribution in [0.1, 0.15) is 32.2 Å². The van der Waals surface area contributed by atoms with Gasteiger partial charge in [0.1, 0.15) is 10.7 Å². The Morgan fingerprint density at radius 1 is 1.16 bits per heavy atom. The van der Waals surface area contributed by atoms with E-state index in [0.717, 1.165) is 16.9 Å². The summed E-state index contributed by atoms with van der Waals surface area (Å²) in [6.07, 6.45) is -0.174.